The van der Waals surface area contributed by atoms with Crippen molar-refractivity contribution in [2.75, 3.05) is 12.3 Å². The number of halogens is 1. The predicted octanol–water partition coefficient (Wildman–Crippen LogP) is 4.30. The maximum atomic E-state index is 6.09. The number of anilines is 1. The van der Waals surface area contributed by atoms with Crippen molar-refractivity contribution in [3.63, 3.8) is 0 Å². The third-order valence-corrected chi connectivity index (χ3v) is 4.22. The van der Waals surface area contributed by atoms with Crippen LogP contribution in [-0.2, 0) is 0 Å². The van der Waals surface area contributed by atoms with E-state index in [1.54, 1.807) is 0 Å². The van der Waals surface area contributed by atoms with Gasteiger partial charge < -0.3 is 5.73 Å². The lowest BCUT2D eigenvalue weighted by Gasteiger charge is -2.26. The van der Waals surface area contributed by atoms with Crippen LogP contribution in [0.4, 0.5) is 5.69 Å². The normalized spacial score (nSPS) is 16.6. The fraction of sp³-hybridized carbons (Fsp3) is 0.562. The Balaban J connectivity index is 2.29. The smallest absolute Gasteiger partial charge is 0.0696 e. The Labute approximate surface area is 126 Å². The van der Waals surface area contributed by atoms with E-state index in [1.165, 1.54) is 25.7 Å². The first-order valence-corrected chi connectivity index (χ1v) is 7.93. The zero-order valence-corrected chi connectivity index (χ0v) is 13.2. The van der Waals surface area contributed by atoms with Gasteiger partial charge in [0.05, 0.1) is 5.71 Å². The Morgan fingerprint density at radius 1 is 1.35 bits per heavy atom. The number of hydrogen-bond donors (Lipinski definition) is 1. The van der Waals surface area contributed by atoms with E-state index in [2.05, 4.69) is 18.9 Å². The summed E-state index contributed by atoms with van der Waals surface area (Å²) >= 11 is 6.09. The van der Waals surface area contributed by atoms with Crippen molar-refractivity contribution in [1.29, 1.82) is 0 Å². The first kappa shape index (κ1) is 15.2. The van der Waals surface area contributed by atoms with Crippen LogP contribution in [0.3, 0.4) is 0 Å². The molecule has 1 aliphatic rings. The molecule has 0 radical (unpaired) electrons. The molecule has 0 atom stereocenters. The molecule has 1 aromatic rings. The van der Waals surface area contributed by atoms with E-state index in [-0.39, 0.29) is 0 Å². The van der Waals surface area contributed by atoms with Crippen LogP contribution < -0.4 is 5.73 Å². The lowest BCUT2D eigenvalue weighted by atomic mass is 10.1. The maximum absolute atomic E-state index is 6.09. The number of nitrogen functional groups attached to an aromatic ring is 1. The number of benzene rings is 1. The summed E-state index contributed by atoms with van der Waals surface area (Å²) in [5.74, 6) is 0. The highest BCUT2D eigenvalue weighted by Crippen LogP contribution is 2.25. The zero-order valence-electron chi connectivity index (χ0n) is 12.4. The van der Waals surface area contributed by atoms with Crippen molar-refractivity contribution in [2.24, 2.45) is 5.10 Å². The number of hydrogen-bond acceptors (Lipinski definition) is 3. The fourth-order valence-corrected chi connectivity index (χ4v) is 3.03. The number of nitrogens with two attached hydrogens (primary N) is 1. The highest BCUT2D eigenvalue weighted by atomic mass is 35.5. The van der Waals surface area contributed by atoms with E-state index in [0.717, 1.165) is 29.9 Å². The van der Waals surface area contributed by atoms with E-state index in [9.17, 15) is 0 Å². The Bertz CT molecular complexity index is 479. The van der Waals surface area contributed by atoms with Crippen molar-refractivity contribution in [1.82, 2.24) is 5.01 Å². The molecular weight excluding hydrogens is 270 g/mol. The molecule has 0 saturated heterocycles. The van der Waals surface area contributed by atoms with E-state index in [4.69, 9.17) is 22.4 Å². The summed E-state index contributed by atoms with van der Waals surface area (Å²) in [6.45, 7) is 5.22. The van der Waals surface area contributed by atoms with Crippen LogP contribution in [0.2, 0.25) is 5.02 Å². The van der Waals surface area contributed by atoms with Crippen molar-refractivity contribution < 1.29 is 0 Å². The predicted molar refractivity (Wildman–Crippen MR) is 87.3 cm³/mol. The third-order valence-electron chi connectivity index (χ3n) is 3.98. The third kappa shape index (κ3) is 3.45. The molecule has 110 valence electrons. The van der Waals surface area contributed by atoms with E-state index in [1.807, 2.05) is 18.2 Å². The van der Waals surface area contributed by atoms with E-state index >= 15 is 0 Å². The summed E-state index contributed by atoms with van der Waals surface area (Å²) in [4.78, 5) is 0. The lowest BCUT2D eigenvalue weighted by Crippen LogP contribution is -2.29. The SMILES string of the molecule is CC/C(=N\N(CC)C1CCCC1)c1cc(Cl)ccc1N. The van der Waals surface area contributed by atoms with Crippen LogP contribution in [0.15, 0.2) is 23.3 Å². The molecule has 0 aromatic heterocycles. The molecular formula is C16H24ClN3. The Kier molecular flexibility index (Phi) is 5.30. The first-order valence-electron chi connectivity index (χ1n) is 7.55. The molecule has 2 rings (SSSR count). The second-order valence-electron chi connectivity index (χ2n) is 5.33. The van der Waals surface area contributed by atoms with Gasteiger partial charge in [-0.05, 0) is 44.4 Å². The van der Waals surface area contributed by atoms with Crippen LogP contribution >= 0.6 is 11.6 Å². The molecule has 1 saturated carbocycles. The Hall–Kier alpha value is -1.22. The topological polar surface area (TPSA) is 41.6 Å². The summed E-state index contributed by atoms with van der Waals surface area (Å²) in [5.41, 5.74) is 8.82. The summed E-state index contributed by atoms with van der Waals surface area (Å²) in [5, 5.41) is 7.81. The van der Waals surface area contributed by atoms with Crippen molar-refractivity contribution >= 4 is 23.0 Å². The standard InChI is InChI=1S/C16H24ClN3/c1-3-16(14-11-12(17)9-10-15(14)18)19-20(4-2)13-7-5-6-8-13/h9-11,13H,3-8,18H2,1-2H3/b19-16+. The van der Waals surface area contributed by atoms with Gasteiger partial charge in [0.1, 0.15) is 0 Å². The van der Waals surface area contributed by atoms with Crippen molar-refractivity contribution in [3.05, 3.63) is 28.8 Å². The van der Waals surface area contributed by atoms with Gasteiger partial charge in [-0.15, -0.1) is 0 Å². The van der Waals surface area contributed by atoms with Gasteiger partial charge in [0, 0.05) is 28.9 Å². The number of rotatable bonds is 5. The summed E-state index contributed by atoms with van der Waals surface area (Å²) in [7, 11) is 0. The molecule has 0 heterocycles. The summed E-state index contributed by atoms with van der Waals surface area (Å²) in [6.07, 6.45) is 5.99. The number of hydrazone groups is 1. The molecule has 3 nitrogen and oxygen atoms in total. The van der Waals surface area contributed by atoms with Crippen molar-refractivity contribution in [2.45, 2.75) is 52.0 Å². The molecule has 4 heteroatoms. The van der Waals surface area contributed by atoms with Gasteiger partial charge in [-0.1, -0.05) is 31.4 Å². The van der Waals surface area contributed by atoms with Gasteiger partial charge in [0.2, 0.25) is 0 Å². The molecule has 0 aliphatic heterocycles. The quantitative estimate of drug-likeness (QED) is 0.499. The monoisotopic (exact) mass is 293 g/mol. The molecule has 0 bridgehead atoms. The largest absolute Gasteiger partial charge is 0.398 e. The highest BCUT2D eigenvalue weighted by Gasteiger charge is 2.21. The maximum Gasteiger partial charge on any atom is 0.0696 e. The first-order chi connectivity index (χ1) is 9.65. The molecule has 0 unspecified atom stereocenters. The van der Waals surface area contributed by atoms with Gasteiger partial charge in [-0.25, -0.2) is 0 Å². The van der Waals surface area contributed by atoms with Crippen LogP contribution in [0.25, 0.3) is 0 Å². The minimum Gasteiger partial charge on any atom is -0.398 e. The second kappa shape index (κ2) is 6.98. The van der Waals surface area contributed by atoms with Crippen LogP contribution in [0, 0.1) is 0 Å². The molecule has 1 aliphatic carbocycles. The molecule has 2 N–H and O–H groups in total. The molecule has 0 spiro atoms. The molecule has 1 aromatic carbocycles. The lowest BCUT2D eigenvalue weighted by molar-refractivity contribution is 0.218. The number of nitrogens with zero attached hydrogens (tertiary/aromatic N) is 2. The highest BCUT2D eigenvalue weighted by molar-refractivity contribution is 6.31. The van der Waals surface area contributed by atoms with E-state index < -0.39 is 0 Å². The van der Waals surface area contributed by atoms with Gasteiger partial charge in [-0.3, -0.25) is 5.01 Å². The summed E-state index contributed by atoms with van der Waals surface area (Å²) in [6, 6.07) is 6.18. The van der Waals surface area contributed by atoms with Crippen LogP contribution in [-0.4, -0.2) is 23.3 Å². The minimum atomic E-state index is 0.585. The molecule has 20 heavy (non-hydrogen) atoms. The van der Waals surface area contributed by atoms with Gasteiger partial charge in [0.15, 0.2) is 0 Å². The summed E-state index contributed by atoms with van der Waals surface area (Å²) < 4.78 is 0. The van der Waals surface area contributed by atoms with Crippen LogP contribution in [0.1, 0.15) is 51.5 Å². The van der Waals surface area contributed by atoms with E-state index in [0.29, 0.717) is 11.1 Å². The second-order valence-corrected chi connectivity index (χ2v) is 5.76. The van der Waals surface area contributed by atoms with Gasteiger partial charge in [0.25, 0.3) is 0 Å². The minimum absolute atomic E-state index is 0.585. The fourth-order valence-electron chi connectivity index (χ4n) is 2.86. The Morgan fingerprint density at radius 3 is 2.65 bits per heavy atom. The molecule has 1 fully saturated rings. The average Bonchev–Trinajstić information content (AvgIpc) is 2.97. The van der Waals surface area contributed by atoms with Gasteiger partial charge >= 0.3 is 0 Å². The molecule has 0 amide bonds. The van der Waals surface area contributed by atoms with Gasteiger partial charge in [-0.2, -0.15) is 5.10 Å². The van der Waals surface area contributed by atoms with Crippen LogP contribution in [0.5, 0.6) is 0 Å². The van der Waals surface area contributed by atoms with Crippen molar-refractivity contribution in [3.8, 4) is 0 Å². The zero-order chi connectivity index (χ0) is 14.5. The Morgan fingerprint density at radius 2 is 2.05 bits per heavy atom. The average molecular weight is 294 g/mol.